The quantitative estimate of drug-likeness (QED) is 0.710. The van der Waals surface area contributed by atoms with Crippen molar-refractivity contribution >= 4 is 0 Å². The molecule has 1 aliphatic rings. The fourth-order valence-corrected chi connectivity index (χ4v) is 1.97. The smallest absolute Gasteiger partial charge is 0.0630 e. The van der Waals surface area contributed by atoms with Crippen molar-refractivity contribution in [2.45, 2.75) is 33.4 Å². The molecule has 0 saturated heterocycles. The van der Waals surface area contributed by atoms with Crippen molar-refractivity contribution in [3.05, 3.63) is 17.5 Å². The third kappa shape index (κ3) is 1.98. The van der Waals surface area contributed by atoms with E-state index in [2.05, 4.69) is 41.6 Å². The minimum Gasteiger partial charge on any atom is -0.299 e. The topological polar surface area (TPSA) is 21.1 Å². The van der Waals surface area contributed by atoms with Gasteiger partial charge in [-0.25, -0.2) is 0 Å². The normalized spacial score (nSPS) is 17.4. The summed E-state index contributed by atoms with van der Waals surface area (Å²) in [5.74, 6) is 0.699. The summed E-state index contributed by atoms with van der Waals surface area (Å²) < 4.78 is 2.16. The van der Waals surface area contributed by atoms with Crippen molar-refractivity contribution in [2.75, 3.05) is 13.6 Å². The molecule has 0 amide bonds. The lowest BCUT2D eigenvalue weighted by atomic mass is 10.1. The van der Waals surface area contributed by atoms with Gasteiger partial charge in [0.15, 0.2) is 0 Å². The van der Waals surface area contributed by atoms with Gasteiger partial charge in [-0.05, 0) is 25.5 Å². The molecule has 14 heavy (non-hydrogen) atoms. The van der Waals surface area contributed by atoms with Crippen LogP contribution in [0.25, 0.3) is 0 Å². The molecular weight excluding hydrogens is 174 g/mol. The number of nitrogens with zero attached hydrogens (tertiary/aromatic N) is 3. The van der Waals surface area contributed by atoms with E-state index in [1.54, 1.807) is 0 Å². The summed E-state index contributed by atoms with van der Waals surface area (Å²) in [5, 5.41) is 4.62. The zero-order valence-electron chi connectivity index (χ0n) is 9.32. The van der Waals surface area contributed by atoms with Crippen molar-refractivity contribution in [3.8, 4) is 0 Å². The van der Waals surface area contributed by atoms with Crippen LogP contribution in [-0.4, -0.2) is 28.3 Å². The van der Waals surface area contributed by atoms with Crippen molar-refractivity contribution in [3.63, 3.8) is 0 Å². The molecule has 0 N–H and O–H groups in total. The molecule has 3 heteroatoms. The number of fused-ring (bicyclic) bond motifs is 1. The van der Waals surface area contributed by atoms with Crippen molar-refractivity contribution < 1.29 is 0 Å². The molecule has 0 aliphatic carbocycles. The van der Waals surface area contributed by atoms with Crippen LogP contribution in [0, 0.1) is 5.92 Å². The van der Waals surface area contributed by atoms with Gasteiger partial charge in [0.1, 0.15) is 0 Å². The number of likely N-dealkylation sites (N-methyl/N-ethyl adjacent to an activating group) is 1. The van der Waals surface area contributed by atoms with Crippen LogP contribution in [0.15, 0.2) is 6.07 Å². The molecule has 1 aromatic rings. The molecule has 0 unspecified atom stereocenters. The van der Waals surface area contributed by atoms with E-state index < -0.39 is 0 Å². The van der Waals surface area contributed by atoms with E-state index in [1.807, 2.05) is 0 Å². The van der Waals surface area contributed by atoms with Crippen LogP contribution in [0.4, 0.5) is 0 Å². The summed E-state index contributed by atoms with van der Waals surface area (Å²) in [6, 6.07) is 2.26. The Morgan fingerprint density at radius 1 is 1.43 bits per heavy atom. The summed E-state index contributed by atoms with van der Waals surface area (Å²) in [5.41, 5.74) is 2.62. The molecule has 0 aromatic carbocycles. The first-order chi connectivity index (χ1) is 6.65. The molecule has 0 fully saturated rings. The van der Waals surface area contributed by atoms with Gasteiger partial charge in [-0.15, -0.1) is 0 Å². The summed E-state index contributed by atoms with van der Waals surface area (Å²) in [7, 11) is 2.17. The van der Waals surface area contributed by atoms with Gasteiger partial charge < -0.3 is 0 Å². The number of rotatable bonds is 2. The average Bonchev–Trinajstić information content (AvgIpc) is 2.44. The minimum atomic E-state index is 0.699. The molecule has 3 nitrogen and oxygen atoms in total. The third-order valence-electron chi connectivity index (χ3n) is 2.66. The van der Waals surface area contributed by atoms with E-state index in [9.17, 15) is 0 Å². The standard InChI is InChI=1S/C11H19N3/c1-9(2)6-10-7-11-8-13(3)4-5-14(11)12-10/h7,9H,4-6,8H2,1-3H3. The van der Waals surface area contributed by atoms with Crippen LogP contribution in [0.5, 0.6) is 0 Å². The molecular formula is C11H19N3. The Bertz CT molecular complexity index is 314. The third-order valence-corrected chi connectivity index (χ3v) is 2.66. The molecule has 0 bridgehead atoms. The molecule has 0 atom stereocenters. The minimum absolute atomic E-state index is 0.699. The van der Waals surface area contributed by atoms with Gasteiger partial charge in [0.05, 0.1) is 17.9 Å². The fourth-order valence-electron chi connectivity index (χ4n) is 1.97. The molecule has 0 radical (unpaired) electrons. The van der Waals surface area contributed by atoms with Crippen LogP contribution in [0.1, 0.15) is 25.2 Å². The summed E-state index contributed by atoms with van der Waals surface area (Å²) in [4.78, 5) is 2.34. The molecule has 2 heterocycles. The van der Waals surface area contributed by atoms with E-state index in [0.717, 1.165) is 26.1 Å². The van der Waals surface area contributed by atoms with Gasteiger partial charge in [0, 0.05) is 13.1 Å². The number of hydrogen-bond acceptors (Lipinski definition) is 2. The van der Waals surface area contributed by atoms with Crippen LogP contribution in [-0.2, 0) is 19.5 Å². The fraction of sp³-hybridized carbons (Fsp3) is 0.727. The first-order valence-electron chi connectivity index (χ1n) is 5.39. The van der Waals surface area contributed by atoms with Gasteiger partial charge in [0.2, 0.25) is 0 Å². The zero-order valence-corrected chi connectivity index (χ0v) is 9.32. The Kier molecular flexibility index (Phi) is 2.59. The maximum atomic E-state index is 4.62. The Morgan fingerprint density at radius 3 is 2.93 bits per heavy atom. The SMILES string of the molecule is CC(C)Cc1cc2n(n1)CCN(C)C2. The van der Waals surface area contributed by atoms with Gasteiger partial charge in [0.25, 0.3) is 0 Å². The highest BCUT2D eigenvalue weighted by Crippen LogP contribution is 2.14. The first-order valence-corrected chi connectivity index (χ1v) is 5.39. The average molecular weight is 193 g/mol. The highest BCUT2D eigenvalue weighted by molar-refractivity contribution is 5.12. The highest BCUT2D eigenvalue weighted by atomic mass is 15.3. The Labute approximate surface area is 85.7 Å². The first kappa shape index (κ1) is 9.71. The highest BCUT2D eigenvalue weighted by Gasteiger charge is 2.15. The second-order valence-electron chi connectivity index (χ2n) is 4.69. The predicted molar refractivity (Wildman–Crippen MR) is 57.1 cm³/mol. The second kappa shape index (κ2) is 3.73. The lowest BCUT2D eigenvalue weighted by molar-refractivity contribution is 0.258. The van der Waals surface area contributed by atoms with Gasteiger partial charge in [-0.3, -0.25) is 9.58 Å². The van der Waals surface area contributed by atoms with E-state index in [0.29, 0.717) is 5.92 Å². The maximum Gasteiger partial charge on any atom is 0.0630 e. The van der Waals surface area contributed by atoms with Crippen molar-refractivity contribution in [1.82, 2.24) is 14.7 Å². The van der Waals surface area contributed by atoms with Crippen LogP contribution >= 0.6 is 0 Å². The summed E-state index contributed by atoms with van der Waals surface area (Å²) >= 11 is 0. The number of hydrogen-bond donors (Lipinski definition) is 0. The largest absolute Gasteiger partial charge is 0.299 e. The lowest BCUT2D eigenvalue weighted by Gasteiger charge is -2.22. The van der Waals surface area contributed by atoms with Gasteiger partial charge in [-0.1, -0.05) is 13.8 Å². The molecule has 2 rings (SSSR count). The van der Waals surface area contributed by atoms with E-state index >= 15 is 0 Å². The monoisotopic (exact) mass is 193 g/mol. The Morgan fingerprint density at radius 2 is 2.21 bits per heavy atom. The lowest BCUT2D eigenvalue weighted by Crippen LogP contribution is -2.30. The van der Waals surface area contributed by atoms with Gasteiger partial charge >= 0.3 is 0 Å². The van der Waals surface area contributed by atoms with Crippen LogP contribution in [0.2, 0.25) is 0 Å². The molecule has 1 aliphatic heterocycles. The Hall–Kier alpha value is -0.830. The molecule has 1 aromatic heterocycles. The van der Waals surface area contributed by atoms with E-state index in [-0.39, 0.29) is 0 Å². The second-order valence-corrected chi connectivity index (χ2v) is 4.69. The van der Waals surface area contributed by atoms with Crippen LogP contribution in [0.3, 0.4) is 0 Å². The Balaban J connectivity index is 2.15. The van der Waals surface area contributed by atoms with Crippen molar-refractivity contribution in [2.24, 2.45) is 5.92 Å². The van der Waals surface area contributed by atoms with Crippen molar-refractivity contribution in [1.29, 1.82) is 0 Å². The van der Waals surface area contributed by atoms with E-state index in [1.165, 1.54) is 11.4 Å². The van der Waals surface area contributed by atoms with Gasteiger partial charge in [-0.2, -0.15) is 5.10 Å². The predicted octanol–water partition coefficient (Wildman–Crippen LogP) is 1.53. The summed E-state index contributed by atoms with van der Waals surface area (Å²) in [6.45, 7) is 7.69. The molecule has 78 valence electrons. The van der Waals surface area contributed by atoms with Crippen LogP contribution < -0.4 is 0 Å². The number of aromatic nitrogens is 2. The molecule has 0 spiro atoms. The zero-order chi connectivity index (χ0) is 10.1. The van der Waals surface area contributed by atoms with E-state index in [4.69, 9.17) is 0 Å². The summed E-state index contributed by atoms with van der Waals surface area (Å²) in [6.07, 6.45) is 1.10. The maximum absolute atomic E-state index is 4.62. The molecule has 0 saturated carbocycles.